The summed E-state index contributed by atoms with van der Waals surface area (Å²) in [7, 11) is 0. The van der Waals surface area contributed by atoms with E-state index in [0.717, 1.165) is 38.5 Å². The molecule has 0 aromatic heterocycles. The van der Waals surface area contributed by atoms with Gasteiger partial charge in [0.05, 0.1) is 11.7 Å². The molecule has 29 heavy (non-hydrogen) atoms. The van der Waals surface area contributed by atoms with E-state index in [2.05, 4.69) is 46.4 Å². The molecule has 0 unspecified atom stereocenters. The molecule has 0 spiro atoms. The first-order valence-electron chi connectivity index (χ1n) is 12.1. The van der Waals surface area contributed by atoms with Gasteiger partial charge >= 0.3 is 0 Å². The number of rotatable bonds is 6. The van der Waals surface area contributed by atoms with Crippen molar-refractivity contribution >= 4 is 0 Å². The summed E-state index contributed by atoms with van der Waals surface area (Å²) in [5.74, 6) is 1.70. The highest BCUT2D eigenvalue weighted by Gasteiger charge is 2.54. The molecule has 3 aliphatic rings. The fourth-order valence-corrected chi connectivity index (χ4v) is 6.70. The monoisotopic (exact) mass is 400 g/mol. The van der Waals surface area contributed by atoms with Crippen LogP contribution in [-0.2, 0) is 0 Å². The molecule has 0 heterocycles. The number of hydrogen-bond acceptors (Lipinski definition) is 2. The highest BCUT2D eigenvalue weighted by atomic mass is 16.3. The van der Waals surface area contributed by atoms with Crippen LogP contribution in [0.3, 0.4) is 0 Å². The van der Waals surface area contributed by atoms with Crippen molar-refractivity contribution in [1.29, 1.82) is 0 Å². The van der Waals surface area contributed by atoms with E-state index in [1.165, 1.54) is 43.3 Å². The zero-order valence-corrected chi connectivity index (χ0v) is 19.3. The lowest BCUT2D eigenvalue weighted by molar-refractivity contribution is -0.0657. The molecule has 2 heteroatoms. The van der Waals surface area contributed by atoms with Gasteiger partial charge in [-0.1, -0.05) is 63.5 Å². The lowest BCUT2D eigenvalue weighted by atomic mass is 9.59. The zero-order valence-electron chi connectivity index (χ0n) is 19.3. The van der Waals surface area contributed by atoms with Gasteiger partial charge < -0.3 is 10.2 Å². The van der Waals surface area contributed by atoms with E-state index in [0.29, 0.717) is 17.8 Å². The maximum absolute atomic E-state index is 11.4. The average molecular weight is 401 g/mol. The third-order valence-corrected chi connectivity index (χ3v) is 8.37. The fourth-order valence-electron chi connectivity index (χ4n) is 6.70. The Morgan fingerprint density at radius 2 is 1.97 bits per heavy atom. The Balaban J connectivity index is 1.75. The average Bonchev–Trinajstić information content (AvgIpc) is 3.00. The lowest BCUT2D eigenvalue weighted by Crippen LogP contribution is -2.45. The zero-order chi connectivity index (χ0) is 21.2. The van der Waals surface area contributed by atoms with Crippen LogP contribution in [0.15, 0.2) is 35.5 Å². The second-order valence-electron chi connectivity index (χ2n) is 11.1. The molecule has 3 aliphatic carbocycles. The van der Waals surface area contributed by atoms with Gasteiger partial charge in [-0.15, -0.1) is 0 Å². The molecule has 3 saturated carbocycles. The van der Waals surface area contributed by atoms with E-state index in [1.54, 1.807) is 5.57 Å². The maximum atomic E-state index is 11.4. The minimum Gasteiger partial charge on any atom is -0.393 e. The number of hydrogen-bond donors (Lipinski definition) is 2. The molecule has 0 amide bonds. The van der Waals surface area contributed by atoms with Crippen LogP contribution in [0.5, 0.6) is 0 Å². The molecule has 0 radical (unpaired) electrons. The molecule has 0 aromatic carbocycles. The molecule has 0 aromatic rings. The lowest BCUT2D eigenvalue weighted by Gasteiger charge is -2.47. The van der Waals surface area contributed by atoms with Crippen LogP contribution in [0.4, 0.5) is 0 Å². The molecule has 5 atom stereocenters. The molecule has 0 aliphatic heterocycles. The van der Waals surface area contributed by atoms with Crippen molar-refractivity contribution in [1.82, 2.24) is 0 Å². The second-order valence-corrected chi connectivity index (χ2v) is 11.1. The fraction of sp³-hybridized carbons (Fsp3) is 0.778. The normalized spacial score (nSPS) is 37.9. The molecule has 3 rings (SSSR count). The molecule has 164 valence electrons. The van der Waals surface area contributed by atoms with Crippen LogP contribution >= 0.6 is 0 Å². The molecule has 2 nitrogen and oxygen atoms in total. The predicted molar refractivity (Wildman–Crippen MR) is 123 cm³/mol. The maximum Gasteiger partial charge on any atom is 0.0653 e. The van der Waals surface area contributed by atoms with Crippen molar-refractivity contribution in [2.24, 2.45) is 23.2 Å². The molecular formula is C27H44O2. The summed E-state index contributed by atoms with van der Waals surface area (Å²) in [6.45, 7) is 13.3. The second kappa shape index (κ2) is 9.10. The number of aliphatic hydroxyl groups is 2. The van der Waals surface area contributed by atoms with Gasteiger partial charge in [-0.2, -0.15) is 0 Å². The van der Waals surface area contributed by atoms with Crippen molar-refractivity contribution < 1.29 is 10.2 Å². The van der Waals surface area contributed by atoms with E-state index < -0.39 is 5.60 Å². The molecule has 2 N–H and O–H groups in total. The highest BCUT2D eigenvalue weighted by Crippen LogP contribution is 2.60. The Labute approximate surface area is 179 Å². The van der Waals surface area contributed by atoms with E-state index in [-0.39, 0.29) is 11.5 Å². The summed E-state index contributed by atoms with van der Waals surface area (Å²) in [4.78, 5) is 0. The first-order valence-corrected chi connectivity index (χ1v) is 12.1. The summed E-state index contributed by atoms with van der Waals surface area (Å²) in [6.07, 6.45) is 16.2. The summed E-state index contributed by atoms with van der Waals surface area (Å²) in [5, 5.41) is 21.5. The minimum atomic E-state index is -0.554. The SMILES string of the molecule is C=C1CC[C@@H](O)CC1=CC=C1CCC[C@@]2(C)[C@H]1CC[C@@H]2[C@@](C)(O)CCCC(C)C. The summed E-state index contributed by atoms with van der Waals surface area (Å²) in [6, 6.07) is 0. The smallest absolute Gasteiger partial charge is 0.0653 e. The Bertz CT molecular complexity index is 653. The number of allylic oxidation sites excluding steroid dienone is 4. The minimum absolute atomic E-state index is 0.210. The van der Waals surface area contributed by atoms with Gasteiger partial charge in [0.2, 0.25) is 0 Å². The van der Waals surface area contributed by atoms with Crippen molar-refractivity contribution in [3.8, 4) is 0 Å². The largest absolute Gasteiger partial charge is 0.393 e. The third-order valence-electron chi connectivity index (χ3n) is 8.37. The van der Waals surface area contributed by atoms with Gasteiger partial charge in [0.25, 0.3) is 0 Å². The first-order chi connectivity index (χ1) is 13.6. The van der Waals surface area contributed by atoms with Crippen LogP contribution in [0.25, 0.3) is 0 Å². The van der Waals surface area contributed by atoms with E-state index in [4.69, 9.17) is 0 Å². The molecule has 3 fully saturated rings. The third kappa shape index (κ3) is 5.07. The van der Waals surface area contributed by atoms with Gasteiger partial charge in [-0.05, 0) is 93.5 Å². The van der Waals surface area contributed by atoms with E-state index in [1.807, 2.05) is 0 Å². The summed E-state index contributed by atoms with van der Waals surface area (Å²) < 4.78 is 0. The van der Waals surface area contributed by atoms with Crippen molar-refractivity contribution in [2.45, 2.75) is 110 Å². The topological polar surface area (TPSA) is 40.5 Å². The van der Waals surface area contributed by atoms with Crippen molar-refractivity contribution in [2.75, 3.05) is 0 Å². The van der Waals surface area contributed by atoms with Gasteiger partial charge in [-0.3, -0.25) is 0 Å². The van der Waals surface area contributed by atoms with Gasteiger partial charge in [0.15, 0.2) is 0 Å². The Kier molecular flexibility index (Phi) is 7.16. The van der Waals surface area contributed by atoms with Crippen molar-refractivity contribution in [3.05, 3.63) is 35.5 Å². The van der Waals surface area contributed by atoms with Crippen LogP contribution in [0.2, 0.25) is 0 Å². The Hall–Kier alpha value is -0.860. The Morgan fingerprint density at radius 3 is 2.69 bits per heavy atom. The Morgan fingerprint density at radius 1 is 1.21 bits per heavy atom. The first kappa shape index (κ1) is 22.8. The predicted octanol–water partition coefficient (Wildman–Crippen LogP) is 6.73. The highest BCUT2D eigenvalue weighted by molar-refractivity contribution is 5.36. The quantitative estimate of drug-likeness (QED) is 0.518. The standard InChI is InChI=1S/C27H44O2/c1-19(2)8-6-17-27(5,29)25-15-14-24-21(9-7-16-26(24,25)4)11-12-22-18-23(28)13-10-20(22)3/h11-12,19,23-25,28-29H,3,6-10,13-18H2,1-2,4-5H3/t23-,24+,25+,26+,27+/m1/s1. The van der Waals surface area contributed by atoms with Crippen LogP contribution < -0.4 is 0 Å². The van der Waals surface area contributed by atoms with Gasteiger partial charge in [0, 0.05) is 0 Å². The van der Waals surface area contributed by atoms with E-state index in [9.17, 15) is 10.2 Å². The van der Waals surface area contributed by atoms with E-state index >= 15 is 0 Å². The van der Waals surface area contributed by atoms with Crippen molar-refractivity contribution in [3.63, 3.8) is 0 Å². The number of fused-ring (bicyclic) bond motifs is 1. The molecule has 0 saturated heterocycles. The van der Waals surface area contributed by atoms with Crippen LogP contribution in [0, 0.1) is 23.2 Å². The van der Waals surface area contributed by atoms with Gasteiger partial charge in [0.1, 0.15) is 0 Å². The van der Waals surface area contributed by atoms with Gasteiger partial charge in [-0.25, -0.2) is 0 Å². The summed E-state index contributed by atoms with van der Waals surface area (Å²) in [5.41, 5.74) is 3.66. The van der Waals surface area contributed by atoms with Crippen LogP contribution in [-0.4, -0.2) is 21.9 Å². The molecule has 0 bridgehead atoms. The number of aliphatic hydroxyl groups excluding tert-OH is 1. The van der Waals surface area contributed by atoms with Crippen LogP contribution in [0.1, 0.15) is 98.3 Å². The molecular weight excluding hydrogens is 356 g/mol. The summed E-state index contributed by atoms with van der Waals surface area (Å²) >= 11 is 0.